The van der Waals surface area contributed by atoms with Gasteiger partial charge >= 0.3 is 6.18 Å². The Kier molecular flexibility index (Phi) is 6.63. The van der Waals surface area contributed by atoms with Gasteiger partial charge in [0.2, 0.25) is 0 Å². The fourth-order valence-corrected chi connectivity index (χ4v) is 2.66. The largest absolute Gasteiger partial charge is 0.489 e. The normalized spacial score (nSPS) is 13.4. The minimum absolute atomic E-state index is 0.113. The van der Waals surface area contributed by atoms with Crippen LogP contribution in [0.25, 0.3) is 0 Å². The first-order chi connectivity index (χ1) is 11.9. The van der Waals surface area contributed by atoms with Crippen LogP contribution in [0.15, 0.2) is 40.7 Å². The lowest BCUT2D eigenvalue weighted by atomic mass is 10.3. The number of alkyl halides is 3. The van der Waals surface area contributed by atoms with Gasteiger partial charge in [-0.05, 0) is 19.1 Å². The number of benzene rings is 1. The van der Waals surface area contributed by atoms with Crippen molar-refractivity contribution in [2.45, 2.75) is 25.7 Å². The van der Waals surface area contributed by atoms with Crippen LogP contribution in [0.2, 0.25) is 0 Å². The third-order valence-corrected chi connectivity index (χ3v) is 3.96. The summed E-state index contributed by atoms with van der Waals surface area (Å²) >= 11 is 0.954. The molecule has 0 aliphatic heterocycles. The van der Waals surface area contributed by atoms with E-state index < -0.39 is 11.9 Å². The second kappa shape index (κ2) is 8.70. The van der Waals surface area contributed by atoms with E-state index in [-0.39, 0.29) is 12.6 Å². The smallest absolute Gasteiger partial charge is 0.434 e. The molecule has 0 bridgehead atoms. The van der Waals surface area contributed by atoms with Crippen molar-refractivity contribution in [3.63, 3.8) is 0 Å². The maximum absolute atomic E-state index is 12.5. The molecule has 0 aliphatic carbocycles. The molecule has 5 nitrogen and oxygen atoms in total. The lowest BCUT2D eigenvalue weighted by Crippen LogP contribution is -2.41. The van der Waals surface area contributed by atoms with Gasteiger partial charge in [-0.15, -0.1) is 11.3 Å². The third-order valence-electron chi connectivity index (χ3n) is 3.11. The number of para-hydroxylation sites is 1. The highest BCUT2D eigenvalue weighted by molar-refractivity contribution is 7.09. The van der Waals surface area contributed by atoms with Crippen LogP contribution in [0.1, 0.15) is 17.6 Å². The predicted octanol–water partition coefficient (Wildman–Crippen LogP) is 3.29. The second-order valence-electron chi connectivity index (χ2n) is 5.17. The van der Waals surface area contributed by atoms with Crippen LogP contribution in [0.4, 0.5) is 13.2 Å². The molecule has 1 aromatic heterocycles. The number of hydrogen-bond donors (Lipinski definition) is 2. The standard InChI is InChI=1S/C16H19F3N4OS/c1-11(24-12-6-4-3-5-7-12)8-21-15(20-2)22-9-14-23-13(10-25-14)16(17,18)19/h3-7,10-11H,8-9H2,1-2H3,(H2,20,21,22). The third kappa shape index (κ3) is 6.26. The van der Waals surface area contributed by atoms with Gasteiger partial charge in [0, 0.05) is 12.4 Å². The Bertz CT molecular complexity index is 688. The first-order valence-electron chi connectivity index (χ1n) is 7.56. The molecule has 9 heteroatoms. The number of guanidine groups is 1. The average Bonchev–Trinajstić information content (AvgIpc) is 3.05. The Morgan fingerprint density at radius 3 is 2.60 bits per heavy atom. The highest BCUT2D eigenvalue weighted by atomic mass is 32.1. The van der Waals surface area contributed by atoms with E-state index >= 15 is 0 Å². The zero-order valence-electron chi connectivity index (χ0n) is 13.8. The molecule has 1 aromatic carbocycles. The summed E-state index contributed by atoms with van der Waals surface area (Å²) < 4.78 is 43.3. The summed E-state index contributed by atoms with van der Waals surface area (Å²) in [7, 11) is 1.58. The van der Waals surface area contributed by atoms with Crippen molar-refractivity contribution >= 4 is 17.3 Å². The number of nitrogens with zero attached hydrogens (tertiary/aromatic N) is 2. The van der Waals surface area contributed by atoms with Crippen LogP contribution in [0, 0.1) is 0 Å². The van der Waals surface area contributed by atoms with Gasteiger partial charge in [0.1, 0.15) is 16.9 Å². The van der Waals surface area contributed by atoms with Gasteiger partial charge in [0.05, 0.1) is 13.1 Å². The number of aliphatic imine (C=N–C) groups is 1. The van der Waals surface area contributed by atoms with Crippen molar-refractivity contribution in [2.75, 3.05) is 13.6 Å². The summed E-state index contributed by atoms with van der Waals surface area (Å²) in [4.78, 5) is 7.59. The number of hydrogen-bond acceptors (Lipinski definition) is 4. The zero-order chi connectivity index (χ0) is 18.3. The van der Waals surface area contributed by atoms with E-state index in [4.69, 9.17) is 4.74 Å². The Balaban J connectivity index is 1.78. The van der Waals surface area contributed by atoms with Crippen LogP contribution in [0.3, 0.4) is 0 Å². The molecule has 2 N–H and O–H groups in total. The van der Waals surface area contributed by atoms with Crippen LogP contribution < -0.4 is 15.4 Å². The molecule has 1 atom stereocenters. The van der Waals surface area contributed by atoms with Crippen LogP contribution in [0.5, 0.6) is 5.75 Å². The number of nitrogens with one attached hydrogen (secondary N) is 2. The molecular weight excluding hydrogens is 353 g/mol. The first kappa shape index (κ1) is 19.0. The fourth-order valence-electron chi connectivity index (χ4n) is 1.92. The van der Waals surface area contributed by atoms with Crippen molar-refractivity contribution in [3.8, 4) is 5.75 Å². The molecule has 0 spiro atoms. The zero-order valence-corrected chi connectivity index (χ0v) is 14.6. The molecule has 1 heterocycles. The van der Waals surface area contributed by atoms with Crippen LogP contribution in [-0.4, -0.2) is 30.6 Å². The van der Waals surface area contributed by atoms with Gasteiger partial charge in [-0.25, -0.2) is 4.98 Å². The summed E-state index contributed by atoms with van der Waals surface area (Å²) in [6.07, 6.45) is -4.53. The Hall–Kier alpha value is -2.29. The number of halogens is 3. The summed E-state index contributed by atoms with van der Waals surface area (Å²) in [5.41, 5.74) is -0.873. The maximum atomic E-state index is 12.5. The number of thiazole rings is 1. The van der Waals surface area contributed by atoms with Crippen LogP contribution >= 0.6 is 11.3 Å². The molecular formula is C16H19F3N4OS. The number of rotatable bonds is 6. The van der Waals surface area contributed by atoms with E-state index in [9.17, 15) is 13.2 Å². The van der Waals surface area contributed by atoms with Gasteiger partial charge in [0.25, 0.3) is 0 Å². The van der Waals surface area contributed by atoms with E-state index in [1.165, 1.54) is 0 Å². The lowest BCUT2D eigenvalue weighted by Gasteiger charge is -2.17. The molecule has 0 saturated heterocycles. The van der Waals surface area contributed by atoms with Crippen molar-refractivity contribution in [1.82, 2.24) is 15.6 Å². The van der Waals surface area contributed by atoms with Crippen molar-refractivity contribution in [3.05, 3.63) is 46.4 Å². The van der Waals surface area contributed by atoms with Gasteiger partial charge in [-0.2, -0.15) is 13.2 Å². The van der Waals surface area contributed by atoms with Crippen molar-refractivity contribution in [2.24, 2.45) is 4.99 Å². The van der Waals surface area contributed by atoms with Gasteiger partial charge in [-0.1, -0.05) is 18.2 Å². The maximum Gasteiger partial charge on any atom is 0.434 e. The van der Waals surface area contributed by atoms with E-state index in [1.54, 1.807) is 7.05 Å². The highest BCUT2D eigenvalue weighted by Gasteiger charge is 2.33. The summed E-state index contributed by atoms with van der Waals surface area (Å²) in [5.74, 6) is 1.23. The summed E-state index contributed by atoms with van der Waals surface area (Å²) in [5, 5.41) is 7.34. The summed E-state index contributed by atoms with van der Waals surface area (Å²) in [6, 6.07) is 9.41. The SMILES string of the molecule is CN=C(NCc1nc(C(F)(F)F)cs1)NCC(C)Oc1ccccc1. The first-order valence-corrected chi connectivity index (χ1v) is 8.44. The van der Waals surface area contributed by atoms with Gasteiger partial charge in [0.15, 0.2) is 11.7 Å². The highest BCUT2D eigenvalue weighted by Crippen LogP contribution is 2.29. The van der Waals surface area contributed by atoms with E-state index in [0.717, 1.165) is 22.5 Å². The minimum atomic E-state index is -4.42. The molecule has 0 fully saturated rings. The monoisotopic (exact) mass is 372 g/mol. The van der Waals surface area contributed by atoms with E-state index in [2.05, 4.69) is 20.6 Å². The van der Waals surface area contributed by atoms with Crippen molar-refractivity contribution in [1.29, 1.82) is 0 Å². The minimum Gasteiger partial charge on any atom is -0.489 e. The molecule has 2 aromatic rings. The number of ether oxygens (including phenoxy) is 1. The molecule has 0 aliphatic rings. The molecule has 2 rings (SSSR count). The molecule has 0 radical (unpaired) electrons. The van der Waals surface area contributed by atoms with Crippen LogP contribution in [-0.2, 0) is 12.7 Å². The molecule has 1 unspecified atom stereocenters. The van der Waals surface area contributed by atoms with E-state index in [1.807, 2.05) is 37.3 Å². The molecule has 0 saturated carbocycles. The lowest BCUT2D eigenvalue weighted by molar-refractivity contribution is -0.140. The summed E-state index contributed by atoms with van der Waals surface area (Å²) in [6.45, 7) is 2.55. The van der Waals surface area contributed by atoms with E-state index in [0.29, 0.717) is 17.5 Å². The van der Waals surface area contributed by atoms with Gasteiger partial charge < -0.3 is 15.4 Å². The topological polar surface area (TPSA) is 58.5 Å². The van der Waals surface area contributed by atoms with Gasteiger partial charge in [-0.3, -0.25) is 4.99 Å². The Morgan fingerprint density at radius 2 is 2.00 bits per heavy atom. The molecule has 136 valence electrons. The Labute approximate surface area is 148 Å². The predicted molar refractivity (Wildman–Crippen MR) is 91.8 cm³/mol. The molecule has 0 amide bonds. The average molecular weight is 372 g/mol. The quantitative estimate of drug-likeness (QED) is 0.603. The fraction of sp³-hybridized carbons (Fsp3) is 0.375. The Morgan fingerprint density at radius 1 is 1.28 bits per heavy atom. The second-order valence-corrected chi connectivity index (χ2v) is 6.12. The number of aromatic nitrogens is 1. The molecule has 25 heavy (non-hydrogen) atoms. The van der Waals surface area contributed by atoms with Crippen molar-refractivity contribution < 1.29 is 17.9 Å².